The van der Waals surface area contributed by atoms with E-state index < -0.39 is 0 Å². The molecule has 0 radical (unpaired) electrons. The van der Waals surface area contributed by atoms with E-state index in [0.29, 0.717) is 13.0 Å². The molecule has 0 bridgehead atoms. The minimum Gasteiger partial charge on any atom is -0.466 e. The highest BCUT2D eigenvalue weighted by Crippen LogP contribution is 2.54. The SMILES string of the molecule is CCCCCCCC1(CCCC(=O)OCCCC)c2cc(C)ccc2-c2ccc(Br)cc21.O=C=O. The molecule has 1 aliphatic rings. The smallest absolute Gasteiger partial charge is 0.373 e. The molecule has 35 heavy (non-hydrogen) atoms. The van der Waals surface area contributed by atoms with Gasteiger partial charge >= 0.3 is 12.1 Å². The van der Waals surface area contributed by atoms with E-state index in [1.807, 2.05) is 0 Å². The second-order valence-corrected chi connectivity index (χ2v) is 10.4. The van der Waals surface area contributed by atoms with Crippen molar-refractivity contribution in [3.05, 3.63) is 57.6 Å². The Morgan fingerprint density at radius 1 is 0.857 bits per heavy atom. The largest absolute Gasteiger partial charge is 0.466 e. The van der Waals surface area contributed by atoms with Crippen LogP contribution in [0.1, 0.15) is 101 Å². The lowest BCUT2D eigenvalue weighted by Crippen LogP contribution is -2.26. The highest BCUT2D eigenvalue weighted by atomic mass is 79.9. The Balaban J connectivity index is 0.00000137. The van der Waals surface area contributed by atoms with Crippen molar-refractivity contribution in [2.24, 2.45) is 0 Å². The monoisotopic (exact) mass is 542 g/mol. The van der Waals surface area contributed by atoms with Crippen molar-refractivity contribution in [2.45, 2.75) is 96.8 Å². The number of carbonyl (C=O) groups excluding carboxylic acids is 3. The Bertz CT molecular complexity index is 940. The standard InChI is InChI=1S/C29H39BrO2.CO2/c1-4-6-8-9-10-17-29(18-11-12-28(31)32-19-7-5-2)26-20-22(3)13-15-24(26)25-16-14-23(30)21-27(25)29;2-1-3/h13-16,20-21H,4-12,17-19H2,1-3H3;. The van der Waals surface area contributed by atoms with Crippen LogP contribution in [0.2, 0.25) is 0 Å². The van der Waals surface area contributed by atoms with Crippen LogP contribution >= 0.6 is 15.9 Å². The molecule has 3 rings (SSSR count). The normalized spacial score (nSPS) is 15.4. The fourth-order valence-electron chi connectivity index (χ4n) is 5.21. The molecule has 5 heteroatoms. The van der Waals surface area contributed by atoms with Gasteiger partial charge in [-0.1, -0.05) is 98.1 Å². The molecule has 0 saturated heterocycles. The third-order valence-corrected chi connectivity index (χ3v) is 7.42. The zero-order valence-electron chi connectivity index (χ0n) is 21.5. The topological polar surface area (TPSA) is 60.4 Å². The summed E-state index contributed by atoms with van der Waals surface area (Å²) < 4.78 is 6.57. The van der Waals surface area contributed by atoms with E-state index >= 15 is 0 Å². The molecular weight excluding hydrogens is 504 g/mol. The fourth-order valence-corrected chi connectivity index (χ4v) is 5.57. The average Bonchev–Trinajstić information content (AvgIpc) is 3.08. The molecular formula is C30H39BrO4. The maximum Gasteiger partial charge on any atom is 0.373 e. The van der Waals surface area contributed by atoms with Crippen LogP contribution in [0.25, 0.3) is 11.1 Å². The van der Waals surface area contributed by atoms with Gasteiger partial charge in [0.2, 0.25) is 0 Å². The van der Waals surface area contributed by atoms with Crippen LogP contribution in [0.15, 0.2) is 40.9 Å². The average molecular weight is 544 g/mol. The van der Waals surface area contributed by atoms with E-state index in [-0.39, 0.29) is 17.5 Å². The number of ether oxygens (including phenoxy) is 1. The first-order chi connectivity index (χ1) is 16.9. The van der Waals surface area contributed by atoms with Gasteiger partial charge in [0.05, 0.1) is 6.61 Å². The summed E-state index contributed by atoms with van der Waals surface area (Å²) in [7, 11) is 0. The van der Waals surface area contributed by atoms with Crippen LogP contribution in [-0.4, -0.2) is 18.7 Å². The predicted octanol–water partition coefficient (Wildman–Crippen LogP) is 8.31. The number of halogens is 1. The quantitative estimate of drug-likeness (QED) is 0.188. The third kappa shape index (κ3) is 7.88. The Morgan fingerprint density at radius 2 is 1.46 bits per heavy atom. The van der Waals surface area contributed by atoms with Crippen molar-refractivity contribution in [1.29, 1.82) is 0 Å². The Kier molecular flexibility index (Phi) is 12.4. The van der Waals surface area contributed by atoms with Gasteiger partial charge in [0.25, 0.3) is 0 Å². The second-order valence-electron chi connectivity index (χ2n) is 9.50. The number of hydrogen-bond acceptors (Lipinski definition) is 4. The molecule has 1 unspecified atom stereocenters. The molecule has 0 aromatic heterocycles. The Hall–Kier alpha value is -2.23. The predicted molar refractivity (Wildman–Crippen MR) is 143 cm³/mol. The van der Waals surface area contributed by atoms with E-state index in [1.54, 1.807) is 0 Å². The van der Waals surface area contributed by atoms with Crippen molar-refractivity contribution >= 4 is 28.1 Å². The van der Waals surface area contributed by atoms with Crippen LogP contribution in [0.4, 0.5) is 0 Å². The van der Waals surface area contributed by atoms with Gasteiger partial charge in [-0.3, -0.25) is 4.79 Å². The molecule has 4 nitrogen and oxygen atoms in total. The molecule has 0 spiro atoms. The first-order valence-electron chi connectivity index (χ1n) is 13.0. The minimum absolute atomic E-state index is 0.0175. The molecule has 2 aromatic carbocycles. The van der Waals surface area contributed by atoms with Gasteiger partial charge in [0.15, 0.2) is 0 Å². The molecule has 0 fully saturated rings. The van der Waals surface area contributed by atoms with Gasteiger partial charge in [-0.15, -0.1) is 0 Å². The molecule has 2 aromatic rings. The van der Waals surface area contributed by atoms with Gasteiger partial charge < -0.3 is 4.74 Å². The maximum absolute atomic E-state index is 12.3. The Morgan fingerprint density at radius 3 is 2.14 bits per heavy atom. The highest BCUT2D eigenvalue weighted by Gasteiger charge is 2.42. The highest BCUT2D eigenvalue weighted by molar-refractivity contribution is 9.10. The lowest BCUT2D eigenvalue weighted by Gasteiger charge is -2.33. The van der Waals surface area contributed by atoms with E-state index in [1.165, 1.54) is 59.9 Å². The number of aryl methyl sites for hydroxylation is 1. The van der Waals surface area contributed by atoms with Gasteiger partial charge in [0, 0.05) is 16.3 Å². The summed E-state index contributed by atoms with van der Waals surface area (Å²) in [6.45, 7) is 7.13. The molecule has 0 heterocycles. The van der Waals surface area contributed by atoms with E-state index in [0.717, 1.165) is 36.6 Å². The van der Waals surface area contributed by atoms with Crippen molar-refractivity contribution < 1.29 is 19.1 Å². The lowest BCUT2D eigenvalue weighted by atomic mass is 9.70. The van der Waals surface area contributed by atoms with Crippen LogP contribution in [0.5, 0.6) is 0 Å². The zero-order valence-corrected chi connectivity index (χ0v) is 23.0. The first-order valence-corrected chi connectivity index (χ1v) is 13.8. The van der Waals surface area contributed by atoms with Gasteiger partial charge in [0.1, 0.15) is 0 Å². The summed E-state index contributed by atoms with van der Waals surface area (Å²) >= 11 is 3.73. The zero-order chi connectivity index (χ0) is 25.7. The second kappa shape index (κ2) is 15.0. The molecule has 1 atom stereocenters. The minimum atomic E-state index is -0.0477. The van der Waals surface area contributed by atoms with Crippen LogP contribution in [0.3, 0.4) is 0 Å². The summed E-state index contributed by atoms with van der Waals surface area (Å²) in [6.07, 6.45) is 12.1. The van der Waals surface area contributed by atoms with Crippen molar-refractivity contribution in [1.82, 2.24) is 0 Å². The van der Waals surface area contributed by atoms with Gasteiger partial charge in [-0.2, -0.15) is 9.59 Å². The summed E-state index contributed by atoms with van der Waals surface area (Å²) in [5.74, 6) is -0.0477. The van der Waals surface area contributed by atoms with Gasteiger partial charge in [-0.25, -0.2) is 0 Å². The fraction of sp³-hybridized carbons (Fsp3) is 0.533. The molecule has 190 valence electrons. The number of unbranched alkanes of at least 4 members (excludes halogenated alkanes) is 5. The van der Waals surface area contributed by atoms with E-state index in [4.69, 9.17) is 14.3 Å². The first kappa shape index (κ1) is 29.0. The number of esters is 1. The number of carbonyl (C=O) groups is 1. The Labute approximate surface area is 219 Å². The van der Waals surface area contributed by atoms with E-state index in [9.17, 15) is 4.79 Å². The molecule has 0 aliphatic heterocycles. The van der Waals surface area contributed by atoms with Crippen LogP contribution in [-0.2, 0) is 24.5 Å². The van der Waals surface area contributed by atoms with Crippen molar-refractivity contribution in [3.8, 4) is 11.1 Å². The summed E-state index contributed by atoms with van der Waals surface area (Å²) in [5, 5.41) is 0. The number of benzene rings is 2. The van der Waals surface area contributed by atoms with Gasteiger partial charge in [-0.05, 0) is 67.0 Å². The maximum atomic E-state index is 12.3. The molecule has 0 saturated carbocycles. The summed E-state index contributed by atoms with van der Waals surface area (Å²) in [5.41, 5.74) is 6.92. The molecule has 0 amide bonds. The van der Waals surface area contributed by atoms with Crippen LogP contribution < -0.4 is 0 Å². The number of hydrogen-bond donors (Lipinski definition) is 0. The summed E-state index contributed by atoms with van der Waals surface area (Å²) in [4.78, 5) is 28.5. The van der Waals surface area contributed by atoms with Crippen molar-refractivity contribution in [2.75, 3.05) is 6.61 Å². The van der Waals surface area contributed by atoms with Crippen LogP contribution in [0, 0.1) is 6.92 Å². The number of fused-ring (bicyclic) bond motifs is 3. The summed E-state index contributed by atoms with van der Waals surface area (Å²) in [6, 6.07) is 13.7. The third-order valence-electron chi connectivity index (χ3n) is 6.93. The lowest BCUT2D eigenvalue weighted by molar-refractivity contribution is -0.191. The molecule has 1 aliphatic carbocycles. The number of rotatable bonds is 13. The van der Waals surface area contributed by atoms with E-state index in [2.05, 4.69) is 73.1 Å². The van der Waals surface area contributed by atoms with Crippen molar-refractivity contribution in [3.63, 3.8) is 0 Å². The molecule has 0 N–H and O–H groups in total.